The van der Waals surface area contributed by atoms with Crippen LogP contribution in [0.3, 0.4) is 0 Å². The van der Waals surface area contributed by atoms with Crippen LogP contribution in [0.5, 0.6) is 11.5 Å². The monoisotopic (exact) mass is 622 g/mol. The van der Waals surface area contributed by atoms with E-state index in [1.807, 2.05) is 25.1 Å². The Bertz CT molecular complexity index is 1620. The van der Waals surface area contributed by atoms with Crippen molar-refractivity contribution in [3.05, 3.63) is 70.8 Å². The van der Waals surface area contributed by atoms with Crippen LogP contribution in [-0.2, 0) is 21.4 Å². The van der Waals surface area contributed by atoms with Gasteiger partial charge in [-0.3, -0.25) is 19.4 Å². The Morgan fingerprint density at radius 1 is 1.09 bits per heavy atom. The van der Waals surface area contributed by atoms with Crippen molar-refractivity contribution in [1.29, 1.82) is 0 Å². The van der Waals surface area contributed by atoms with Crippen LogP contribution in [0.15, 0.2) is 43.0 Å². The minimum Gasteiger partial charge on any atom is -0.504 e. The largest absolute Gasteiger partial charge is 0.504 e. The van der Waals surface area contributed by atoms with Gasteiger partial charge in [0.05, 0.1) is 28.2 Å². The van der Waals surface area contributed by atoms with Crippen molar-refractivity contribution < 1.29 is 54.6 Å². The number of rotatable bonds is 6. The number of ether oxygens (including phenoxy) is 1. The van der Waals surface area contributed by atoms with E-state index in [0.717, 1.165) is 23.2 Å². The number of phenols is 1. The normalized spacial score (nSPS) is 30.3. The third kappa shape index (κ3) is 4.14. The van der Waals surface area contributed by atoms with Crippen molar-refractivity contribution in [2.24, 2.45) is 0 Å². The highest BCUT2D eigenvalue weighted by molar-refractivity contribution is 6.22. The Balaban J connectivity index is 0.000000311. The number of carboxylic acid groups (broad SMARTS) is 2. The maximum absolute atomic E-state index is 13.6. The molecule has 7 rings (SSSR count). The first-order valence-corrected chi connectivity index (χ1v) is 14.7. The average molecular weight is 623 g/mol. The van der Waals surface area contributed by atoms with Gasteiger partial charge in [0.2, 0.25) is 0 Å². The van der Waals surface area contributed by atoms with Gasteiger partial charge in [0, 0.05) is 18.2 Å². The number of aliphatic carboxylic acids is 2. The van der Waals surface area contributed by atoms with Gasteiger partial charge in [0.1, 0.15) is 6.10 Å². The Hall–Kier alpha value is -4.30. The predicted molar refractivity (Wildman–Crippen MR) is 155 cm³/mol. The van der Waals surface area contributed by atoms with Crippen molar-refractivity contribution in [3.8, 4) is 11.5 Å². The Labute approximate surface area is 257 Å². The van der Waals surface area contributed by atoms with Crippen LogP contribution in [0.2, 0.25) is 0 Å². The molecule has 13 nitrogen and oxygen atoms in total. The number of benzene rings is 2. The molecular weight excluding hydrogens is 588 g/mol. The van der Waals surface area contributed by atoms with Gasteiger partial charge in [-0.1, -0.05) is 24.3 Å². The molecule has 2 fully saturated rings. The molecular formula is C32H34N2O11. The van der Waals surface area contributed by atoms with Crippen LogP contribution >= 0.6 is 0 Å². The van der Waals surface area contributed by atoms with Crippen LogP contribution in [0.1, 0.15) is 56.7 Å². The van der Waals surface area contributed by atoms with E-state index in [-0.39, 0.29) is 23.6 Å². The second-order valence-corrected chi connectivity index (χ2v) is 12.3. The highest BCUT2D eigenvalue weighted by Gasteiger charge is 2.74. The zero-order chi connectivity index (χ0) is 32.6. The van der Waals surface area contributed by atoms with E-state index in [4.69, 9.17) is 25.2 Å². The summed E-state index contributed by atoms with van der Waals surface area (Å²) in [5, 5.41) is 55.8. The maximum Gasteiger partial charge on any atom is 0.335 e. The summed E-state index contributed by atoms with van der Waals surface area (Å²) in [4.78, 5) is 50.4. The number of fused-ring (bicyclic) bond motifs is 1. The molecule has 2 aromatic rings. The molecule has 1 spiro atoms. The SMILES string of the molecule is C=CCN1CC[C@]23c4c5ccc(O)c4O[C@H]2[C@@H](N2C(=O)c4cccc(C)c4C2=O)CC[C@@]3(O)[C@H]1C5.O=C(O)C(O)C(O)C(=O)O. The number of aromatic hydroxyl groups is 1. The summed E-state index contributed by atoms with van der Waals surface area (Å²) < 4.78 is 6.53. The van der Waals surface area contributed by atoms with Gasteiger partial charge in [0.15, 0.2) is 23.7 Å². The lowest BCUT2D eigenvalue weighted by Crippen LogP contribution is -2.78. The number of carbonyl (C=O) groups excluding carboxylic acids is 2. The van der Waals surface area contributed by atoms with Crippen LogP contribution in [0, 0.1) is 6.92 Å². The summed E-state index contributed by atoms with van der Waals surface area (Å²) in [6.07, 6.45) is -1.14. The van der Waals surface area contributed by atoms with E-state index in [1.165, 1.54) is 4.90 Å². The van der Waals surface area contributed by atoms with Gasteiger partial charge in [-0.15, -0.1) is 6.58 Å². The number of likely N-dealkylation sites (tertiary alicyclic amines) is 1. The van der Waals surface area contributed by atoms with E-state index >= 15 is 0 Å². The number of aliphatic hydroxyl groups is 3. The highest BCUT2D eigenvalue weighted by Crippen LogP contribution is 2.66. The van der Waals surface area contributed by atoms with Crippen molar-refractivity contribution in [2.45, 2.75) is 74.0 Å². The number of carboxylic acids is 2. The molecule has 3 aliphatic heterocycles. The van der Waals surface area contributed by atoms with E-state index in [2.05, 4.69) is 11.5 Å². The van der Waals surface area contributed by atoms with Gasteiger partial charge < -0.3 is 35.4 Å². The zero-order valence-corrected chi connectivity index (χ0v) is 24.4. The molecule has 1 saturated carbocycles. The molecule has 5 aliphatic rings. The molecule has 2 aliphatic carbocycles. The van der Waals surface area contributed by atoms with E-state index in [1.54, 1.807) is 18.2 Å². The maximum atomic E-state index is 13.6. The Morgan fingerprint density at radius 3 is 2.40 bits per heavy atom. The fourth-order valence-corrected chi connectivity index (χ4v) is 8.30. The Morgan fingerprint density at radius 2 is 1.78 bits per heavy atom. The van der Waals surface area contributed by atoms with Gasteiger partial charge in [-0.05, 0) is 62.4 Å². The average Bonchev–Trinajstić information content (AvgIpc) is 3.48. The summed E-state index contributed by atoms with van der Waals surface area (Å²) in [5.74, 6) is -3.69. The smallest absolute Gasteiger partial charge is 0.335 e. The number of aliphatic hydroxyl groups excluding tert-OH is 2. The lowest BCUT2D eigenvalue weighted by molar-refractivity contribution is -0.194. The summed E-state index contributed by atoms with van der Waals surface area (Å²) in [6.45, 7) is 7.17. The third-order valence-corrected chi connectivity index (χ3v) is 10.2. The lowest BCUT2D eigenvalue weighted by atomic mass is 9.48. The zero-order valence-electron chi connectivity index (χ0n) is 24.4. The molecule has 2 aromatic carbocycles. The van der Waals surface area contributed by atoms with Crippen LogP contribution < -0.4 is 4.74 Å². The number of imide groups is 1. The topological polar surface area (TPSA) is 205 Å². The number of piperidine rings is 1. The molecule has 7 atom stereocenters. The molecule has 2 amide bonds. The molecule has 0 radical (unpaired) electrons. The van der Waals surface area contributed by atoms with Crippen molar-refractivity contribution in [2.75, 3.05) is 13.1 Å². The van der Waals surface area contributed by atoms with Gasteiger partial charge in [0.25, 0.3) is 11.8 Å². The lowest BCUT2D eigenvalue weighted by Gasteiger charge is -2.64. The summed E-state index contributed by atoms with van der Waals surface area (Å²) in [6, 6.07) is 8.27. The highest BCUT2D eigenvalue weighted by atomic mass is 16.5. The van der Waals surface area contributed by atoms with E-state index < -0.39 is 47.3 Å². The number of nitrogens with zero attached hydrogens (tertiary/aromatic N) is 2. The van der Waals surface area contributed by atoms with Crippen molar-refractivity contribution in [3.63, 3.8) is 0 Å². The van der Waals surface area contributed by atoms with E-state index in [0.29, 0.717) is 49.1 Å². The minimum atomic E-state index is -2.27. The molecule has 1 saturated heterocycles. The second-order valence-electron chi connectivity index (χ2n) is 12.3. The minimum absolute atomic E-state index is 0.0406. The van der Waals surface area contributed by atoms with Crippen molar-refractivity contribution in [1.82, 2.24) is 9.80 Å². The predicted octanol–water partition coefficient (Wildman–Crippen LogP) is 0.583. The molecule has 238 valence electrons. The van der Waals surface area contributed by atoms with Crippen LogP contribution in [-0.4, -0.2) is 113 Å². The van der Waals surface area contributed by atoms with Gasteiger partial charge in [-0.25, -0.2) is 9.59 Å². The molecule has 3 heterocycles. The standard InChI is InChI=1S/C28H28N2O5.C4H6O6/c1-3-12-29-13-11-27-22-16-7-8-19(31)23(22)35-24(27)18(9-10-28(27,34)20(29)14-16)30-25(32)17-6-4-5-15(2)21(17)26(30)33;5-1(3(7)8)2(6)4(9)10/h3-8,18,20,24,31,34H,1,9-14H2,2H3;1-2,5-6H,(H,7,8)(H,9,10)/t18-,20+,24-,27-,28+;/m0./s1. The first-order chi connectivity index (χ1) is 21.3. The molecule has 2 unspecified atom stereocenters. The summed E-state index contributed by atoms with van der Waals surface area (Å²) >= 11 is 0. The molecule has 45 heavy (non-hydrogen) atoms. The van der Waals surface area contributed by atoms with Crippen molar-refractivity contribution >= 4 is 23.8 Å². The third-order valence-electron chi connectivity index (χ3n) is 10.2. The summed E-state index contributed by atoms with van der Waals surface area (Å²) in [5.41, 5.74) is 1.69. The first-order valence-electron chi connectivity index (χ1n) is 14.7. The quantitative estimate of drug-likeness (QED) is 0.193. The second kappa shape index (κ2) is 10.7. The number of aryl methyl sites for hydroxylation is 1. The fourth-order valence-electron chi connectivity index (χ4n) is 8.30. The number of amides is 2. The number of carbonyl (C=O) groups is 4. The Kier molecular flexibility index (Phi) is 7.27. The van der Waals surface area contributed by atoms with Crippen LogP contribution in [0.25, 0.3) is 0 Å². The number of hydrogen-bond acceptors (Lipinski definition) is 10. The molecule has 13 heteroatoms. The number of phenolic OH excluding ortho intramolecular Hbond substituents is 1. The fraction of sp³-hybridized carbons (Fsp3) is 0.438. The van der Waals surface area contributed by atoms with E-state index in [9.17, 15) is 29.4 Å². The summed E-state index contributed by atoms with van der Waals surface area (Å²) in [7, 11) is 0. The molecule has 6 N–H and O–H groups in total. The van der Waals surface area contributed by atoms with Gasteiger partial charge >= 0.3 is 11.9 Å². The first kappa shape index (κ1) is 30.7. The number of hydrogen-bond donors (Lipinski definition) is 6. The van der Waals surface area contributed by atoms with Gasteiger partial charge in [-0.2, -0.15) is 0 Å². The molecule has 2 bridgehead atoms. The molecule has 0 aromatic heterocycles. The van der Waals surface area contributed by atoms with Crippen LogP contribution in [0.4, 0.5) is 0 Å².